The van der Waals surface area contributed by atoms with Gasteiger partial charge in [-0.2, -0.15) is 0 Å². The van der Waals surface area contributed by atoms with Crippen molar-refractivity contribution in [3.05, 3.63) is 17.2 Å². The Bertz CT molecular complexity index is 738. The lowest BCUT2D eigenvalue weighted by Gasteiger charge is -2.22. The molecular weight excluding hydrogens is 400 g/mol. The number of benzene rings is 1. The highest BCUT2D eigenvalue weighted by Gasteiger charge is 2.26. The zero-order valence-corrected chi connectivity index (χ0v) is 19.2. The van der Waals surface area contributed by atoms with Crippen molar-refractivity contribution in [1.29, 1.82) is 0 Å². The Hall–Kier alpha value is -2.44. The number of rotatable bonds is 15. The van der Waals surface area contributed by atoms with Crippen LogP contribution < -0.4 is 0 Å². The highest BCUT2D eigenvalue weighted by molar-refractivity contribution is 5.73. The monoisotopic (exact) mass is 438 g/mol. The second kappa shape index (κ2) is 11.8. The number of carbonyl (C=O) groups is 2. The number of carbonyl (C=O) groups excluding carboxylic acids is 1. The maximum Gasteiger partial charge on any atom is 0.309 e. The highest BCUT2D eigenvalue weighted by atomic mass is 16.5. The number of phenols is 3. The standard InChI is InChI=1S/C24H38O7/c1-23(2,22(29)30)13-9-6-5-7-11-17-15-18(20(27)21(28)19(17)26)12-8-10-14-24(3,4)31-16-25/h15-16,26-28H,5-14H2,1-4H3,(H,29,30). The largest absolute Gasteiger partial charge is 0.504 e. The van der Waals surface area contributed by atoms with Crippen LogP contribution in [0.5, 0.6) is 17.2 Å². The summed E-state index contributed by atoms with van der Waals surface area (Å²) in [6.45, 7) is 7.58. The molecule has 0 bridgehead atoms. The average Bonchev–Trinajstić information content (AvgIpc) is 2.68. The van der Waals surface area contributed by atoms with E-state index < -0.39 is 22.7 Å². The van der Waals surface area contributed by atoms with E-state index in [9.17, 15) is 24.9 Å². The number of unbranched alkanes of at least 4 members (excludes halogenated alkanes) is 4. The minimum Gasteiger partial charge on any atom is -0.504 e. The Morgan fingerprint density at radius 2 is 1.32 bits per heavy atom. The van der Waals surface area contributed by atoms with E-state index in [0.29, 0.717) is 43.3 Å². The van der Waals surface area contributed by atoms with Crippen LogP contribution in [0.4, 0.5) is 0 Å². The first-order valence-electron chi connectivity index (χ1n) is 11.0. The molecule has 1 aromatic carbocycles. The lowest BCUT2D eigenvalue weighted by Crippen LogP contribution is -2.23. The second-order valence-electron chi connectivity index (χ2n) is 9.52. The smallest absolute Gasteiger partial charge is 0.309 e. The van der Waals surface area contributed by atoms with Crippen molar-refractivity contribution in [2.75, 3.05) is 0 Å². The number of hydrogen-bond donors (Lipinski definition) is 4. The Balaban J connectivity index is 2.56. The number of carboxylic acid groups (broad SMARTS) is 1. The molecule has 0 aliphatic carbocycles. The van der Waals surface area contributed by atoms with E-state index >= 15 is 0 Å². The molecule has 0 radical (unpaired) electrons. The Morgan fingerprint density at radius 1 is 0.839 bits per heavy atom. The quantitative estimate of drug-likeness (QED) is 0.171. The van der Waals surface area contributed by atoms with Gasteiger partial charge in [0.05, 0.1) is 5.41 Å². The summed E-state index contributed by atoms with van der Waals surface area (Å²) in [6, 6.07) is 1.74. The molecular formula is C24H38O7. The maximum atomic E-state index is 11.1. The third-order valence-corrected chi connectivity index (χ3v) is 5.82. The van der Waals surface area contributed by atoms with Gasteiger partial charge in [-0.05, 0) is 89.8 Å². The molecule has 0 unspecified atom stereocenters. The fraction of sp³-hybridized carbons (Fsp3) is 0.667. The van der Waals surface area contributed by atoms with Crippen molar-refractivity contribution in [2.45, 2.75) is 97.5 Å². The van der Waals surface area contributed by atoms with Gasteiger partial charge in [-0.25, -0.2) is 0 Å². The van der Waals surface area contributed by atoms with E-state index in [1.807, 2.05) is 13.8 Å². The Morgan fingerprint density at radius 3 is 1.84 bits per heavy atom. The van der Waals surface area contributed by atoms with Gasteiger partial charge >= 0.3 is 5.97 Å². The van der Waals surface area contributed by atoms with Crippen molar-refractivity contribution < 1.29 is 34.8 Å². The topological polar surface area (TPSA) is 124 Å². The molecule has 1 rings (SSSR count). The molecule has 7 heteroatoms. The summed E-state index contributed by atoms with van der Waals surface area (Å²) >= 11 is 0. The molecule has 0 atom stereocenters. The van der Waals surface area contributed by atoms with Gasteiger partial charge in [-0.3, -0.25) is 9.59 Å². The highest BCUT2D eigenvalue weighted by Crippen LogP contribution is 2.41. The van der Waals surface area contributed by atoms with Crippen LogP contribution in [0.1, 0.15) is 90.2 Å². The molecule has 0 spiro atoms. The number of hydrogen-bond acceptors (Lipinski definition) is 6. The third kappa shape index (κ3) is 8.67. The van der Waals surface area contributed by atoms with Gasteiger partial charge in [0.2, 0.25) is 5.75 Å². The fourth-order valence-electron chi connectivity index (χ4n) is 3.54. The van der Waals surface area contributed by atoms with Crippen LogP contribution in [0, 0.1) is 5.41 Å². The van der Waals surface area contributed by atoms with E-state index in [2.05, 4.69) is 0 Å². The first-order chi connectivity index (χ1) is 14.4. The number of phenolic OH excluding ortho intramolecular Hbond substituents is 3. The predicted octanol–water partition coefficient (Wildman–Crippen LogP) is 5.07. The maximum absolute atomic E-state index is 11.1. The summed E-state index contributed by atoms with van der Waals surface area (Å²) < 4.78 is 5.03. The van der Waals surface area contributed by atoms with Crippen molar-refractivity contribution in [2.24, 2.45) is 5.41 Å². The average molecular weight is 439 g/mol. The summed E-state index contributed by atoms with van der Waals surface area (Å²) in [5.41, 5.74) is -0.0700. The zero-order chi connectivity index (χ0) is 23.7. The van der Waals surface area contributed by atoms with Gasteiger partial charge in [0.1, 0.15) is 5.60 Å². The molecule has 7 nitrogen and oxygen atoms in total. The number of aromatic hydroxyl groups is 3. The first-order valence-corrected chi connectivity index (χ1v) is 11.0. The summed E-state index contributed by atoms with van der Waals surface area (Å²) in [7, 11) is 0. The minimum atomic E-state index is -0.788. The SMILES string of the molecule is CC(C)(CCCCc1cc(CCCCCCC(C)(C)C(=O)O)c(O)c(O)c1O)OC=O. The number of carboxylic acids is 1. The first kappa shape index (κ1) is 26.6. The molecule has 31 heavy (non-hydrogen) atoms. The molecule has 1 aromatic rings. The van der Waals surface area contributed by atoms with Gasteiger partial charge in [-0.15, -0.1) is 0 Å². The molecule has 0 saturated carbocycles. The van der Waals surface area contributed by atoms with E-state index in [0.717, 1.165) is 38.5 Å². The van der Waals surface area contributed by atoms with Crippen LogP contribution >= 0.6 is 0 Å². The molecule has 0 aromatic heterocycles. The second-order valence-corrected chi connectivity index (χ2v) is 9.52. The van der Waals surface area contributed by atoms with Crippen molar-refractivity contribution >= 4 is 12.4 Å². The summed E-state index contributed by atoms with van der Waals surface area (Å²) in [5, 5.41) is 39.6. The Labute approximate surface area is 185 Å². The lowest BCUT2D eigenvalue weighted by molar-refractivity contribution is -0.147. The molecule has 0 saturated heterocycles. The summed E-state index contributed by atoms with van der Waals surface area (Å²) in [6.07, 6.45) is 7.32. The number of aryl methyl sites for hydroxylation is 2. The van der Waals surface area contributed by atoms with Crippen molar-refractivity contribution in [1.82, 2.24) is 0 Å². The summed E-state index contributed by atoms with van der Waals surface area (Å²) in [4.78, 5) is 21.6. The van der Waals surface area contributed by atoms with Gasteiger partial charge in [0.25, 0.3) is 6.47 Å². The minimum absolute atomic E-state index is 0.284. The molecule has 0 fully saturated rings. The fourth-order valence-corrected chi connectivity index (χ4v) is 3.54. The van der Waals surface area contributed by atoms with Crippen LogP contribution in [0.2, 0.25) is 0 Å². The molecule has 0 heterocycles. The van der Waals surface area contributed by atoms with E-state index in [4.69, 9.17) is 9.84 Å². The van der Waals surface area contributed by atoms with E-state index in [1.165, 1.54) is 0 Å². The van der Waals surface area contributed by atoms with Crippen LogP contribution in [0.25, 0.3) is 0 Å². The van der Waals surface area contributed by atoms with Gasteiger partial charge in [0.15, 0.2) is 11.5 Å². The van der Waals surface area contributed by atoms with Gasteiger partial charge in [-0.1, -0.05) is 19.3 Å². The van der Waals surface area contributed by atoms with Gasteiger partial charge in [0, 0.05) is 0 Å². The number of aliphatic carboxylic acids is 1. The van der Waals surface area contributed by atoms with Crippen LogP contribution in [-0.4, -0.2) is 38.5 Å². The van der Waals surface area contributed by atoms with E-state index in [-0.39, 0.29) is 11.5 Å². The molecule has 4 N–H and O–H groups in total. The molecule has 0 aliphatic heterocycles. The van der Waals surface area contributed by atoms with Crippen molar-refractivity contribution in [3.63, 3.8) is 0 Å². The molecule has 176 valence electrons. The molecule has 0 amide bonds. The Kier molecular flexibility index (Phi) is 10.1. The van der Waals surface area contributed by atoms with Gasteiger partial charge < -0.3 is 25.2 Å². The molecule has 0 aliphatic rings. The normalized spacial score (nSPS) is 12.0. The van der Waals surface area contributed by atoms with Crippen LogP contribution in [0.3, 0.4) is 0 Å². The van der Waals surface area contributed by atoms with Crippen molar-refractivity contribution in [3.8, 4) is 17.2 Å². The lowest BCUT2D eigenvalue weighted by atomic mass is 9.87. The van der Waals surface area contributed by atoms with Crippen LogP contribution in [-0.2, 0) is 27.2 Å². The van der Waals surface area contributed by atoms with E-state index in [1.54, 1.807) is 19.9 Å². The van der Waals surface area contributed by atoms with Crippen LogP contribution in [0.15, 0.2) is 6.07 Å². The summed E-state index contributed by atoms with van der Waals surface area (Å²) in [5.74, 6) is -1.85. The zero-order valence-electron chi connectivity index (χ0n) is 19.2. The third-order valence-electron chi connectivity index (χ3n) is 5.82. The number of ether oxygens (including phenoxy) is 1. The predicted molar refractivity (Wildman–Crippen MR) is 118 cm³/mol.